The Bertz CT molecular complexity index is 3580. The third-order valence-corrected chi connectivity index (χ3v) is 17.4. The van der Waals surface area contributed by atoms with Gasteiger partial charge in [-0.3, -0.25) is 43.4 Å². The number of phenols is 1. The Kier molecular flexibility index (Phi) is 29.9. The number of nitrogens with zero attached hydrogens (tertiary/aromatic N) is 4. The Labute approximate surface area is 600 Å². The van der Waals surface area contributed by atoms with Gasteiger partial charge in [-0.05, 0) is 97.1 Å². The van der Waals surface area contributed by atoms with E-state index in [1.54, 1.807) is 7.11 Å². The van der Waals surface area contributed by atoms with Crippen molar-refractivity contribution in [1.82, 2.24) is 46.6 Å². The van der Waals surface area contributed by atoms with Gasteiger partial charge in [-0.25, -0.2) is 0 Å². The molecule has 14 atom stereocenters. The zero-order chi connectivity index (χ0) is 71.6. The number of aliphatic hydroxyl groups is 7. The van der Waals surface area contributed by atoms with Crippen LogP contribution in [0.3, 0.4) is 0 Å². The van der Waals surface area contributed by atoms with Crippen LogP contribution in [0.4, 0.5) is 0 Å². The number of ether oxygens (including phenoxy) is 2. The summed E-state index contributed by atoms with van der Waals surface area (Å²) in [6.45, 7) is 2.04. The first-order valence-electron chi connectivity index (χ1n) is 31.9. The number of aromatic hydroxyl groups is 1. The van der Waals surface area contributed by atoms with Crippen LogP contribution in [0.15, 0.2) is 95.4 Å². The van der Waals surface area contributed by atoms with E-state index in [4.69, 9.17) is 23.8 Å². The molecule has 8 rings (SSSR count). The number of phenolic OH excluding ortho intramolecular Hbond substituents is 1. The number of carbonyl (C=O) groups is 8. The smallest absolute Gasteiger partial charge is 0.691 e. The molecule has 0 radical (unpaired) electrons. The van der Waals surface area contributed by atoms with Crippen molar-refractivity contribution in [2.45, 2.75) is 151 Å². The van der Waals surface area contributed by atoms with Gasteiger partial charge in [-0.15, -0.1) is 14.5 Å². The van der Waals surface area contributed by atoms with Crippen LogP contribution >= 0.6 is 12.3 Å². The summed E-state index contributed by atoms with van der Waals surface area (Å²) < 4.78 is 26.2. The van der Waals surface area contributed by atoms with E-state index < -0.39 is 183 Å². The van der Waals surface area contributed by atoms with Gasteiger partial charge in [0, 0.05) is 68.8 Å². The maximum atomic E-state index is 14.7. The van der Waals surface area contributed by atoms with Crippen molar-refractivity contribution in [3.05, 3.63) is 102 Å². The number of hydrogen-bond acceptors (Lipinski definition) is 26. The Morgan fingerprint density at radius 3 is 1.92 bits per heavy atom. The van der Waals surface area contributed by atoms with Crippen LogP contribution in [0.5, 0.6) is 17.2 Å². The van der Waals surface area contributed by atoms with Crippen LogP contribution in [0, 0.1) is 5.92 Å². The third-order valence-electron chi connectivity index (χ3n) is 17.1. The standard InChI is InChI=1S/C65H82N10O23S.Na/c1-33-31-75-53(54(33)82)61(89)67-30-41(77)27-44(68-57(85)37-12-16-39(17-13-37)63-73-72-62(95-63)38-14-10-35(11-15-38)36-18-21-43(22-19-36)94-25-9-7-5-4-6-8-24-93-3)58(86)69-50(34(2)76)64(90)74-32-42(78)28-45(74)59(87)71-52(60(88)70-51(65(75)91)47(80)29-49(66)81)56(84)55(83)40-20-23-46(79)48(26-40)96-99-98-97-92;/h10-23,26,33-34,41-42,44-45,47,50-56,76-80,82-84,92H,4-9,24-25,27-32H2,1-3H3,(H2,66,81)(H,67,89)(H,68,85)(H,69,86)(H,70,88)(H,71,87);/q;+1/p-1/t33?,34?,41?,42?,44-,45?,47?,50?,51?,52?,53?,54?,55?,56?;/m0./s1. The number of benzene rings is 4. The van der Waals surface area contributed by atoms with Crippen LogP contribution in [0.2, 0.25) is 0 Å². The number of unbranched alkanes of at least 4 members (excludes halogenated alkanes) is 5. The molecule has 15 N–H and O–H groups in total. The molecule has 3 fully saturated rings. The van der Waals surface area contributed by atoms with E-state index in [-0.39, 0.29) is 64.8 Å². The summed E-state index contributed by atoms with van der Waals surface area (Å²) in [5.41, 5.74) is 7.84. The number of primary amides is 1. The molecule has 0 spiro atoms. The van der Waals surface area contributed by atoms with Gasteiger partial charge in [0.15, 0.2) is 11.5 Å². The van der Waals surface area contributed by atoms with Gasteiger partial charge in [0.25, 0.3) is 18.2 Å². The number of aromatic nitrogens is 2. The van der Waals surface area contributed by atoms with E-state index in [1.165, 1.54) is 37.6 Å². The molecule has 4 aromatic carbocycles. The SMILES string of the molecule is COCCCCCCCCOc1ccc(-c2ccc(-c3nnc(-c4ccc(C(=O)N[C@H]5CC(O)CNC(=O)C6C(O)C(C)CN6C(=O)C(C(O)CC(N)=O)NC(=O)C(C(O)C(O)c6ccc(O)c(OSOO[O-])c6)NC(=O)C6CC(O)CN6C(=O)C(C(C)O)NC5=O)cc4)o3)cc2)cc1.[Na+]. The summed E-state index contributed by atoms with van der Waals surface area (Å²) in [7, 11) is 1.71. The van der Waals surface area contributed by atoms with Crippen molar-refractivity contribution in [1.29, 1.82) is 0 Å². The second kappa shape index (κ2) is 37.7. The summed E-state index contributed by atoms with van der Waals surface area (Å²) >= 11 is -0.0892. The van der Waals surface area contributed by atoms with E-state index >= 15 is 0 Å². The van der Waals surface area contributed by atoms with E-state index in [2.05, 4.69) is 46.2 Å². The van der Waals surface area contributed by atoms with Crippen LogP contribution in [-0.4, -0.2) is 221 Å². The number of rotatable bonds is 26. The molecule has 0 saturated carbocycles. The predicted molar refractivity (Wildman–Crippen MR) is 344 cm³/mol. The number of amides is 8. The van der Waals surface area contributed by atoms with Gasteiger partial charge in [0.05, 0.1) is 43.5 Å². The fraction of sp³-hybridized carbons (Fsp3) is 0.477. The van der Waals surface area contributed by atoms with Gasteiger partial charge < -0.3 is 106 Å². The number of β-amino-alcohol motifs (C(OH)–C–C–N with tert-alkyl or cyclic N) is 1. The minimum atomic E-state index is -2.55. The molecular weight excluding hydrogens is 1340 g/mol. The van der Waals surface area contributed by atoms with Gasteiger partial charge in [0.2, 0.25) is 53.1 Å². The zero-order valence-corrected chi connectivity index (χ0v) is 57.9. The minimum absolute atomic E-state index is 0. The Balaban J connectivity index is 0.0000140. The largest absolute Gasteiger partial charge is 1.00 e. The molecule has 13 unspecified atom stereocenters. The quantitative estimate of drug-likeness (QED) is 0.00818. The van der Waals surface area contributed by atoms with Crippen LogP contribution in [-0.2, 0) is 47.7 Å². The van der Waals surface area contributed by atoms with Crippen LogP contribution in [0.1, 0.15) is 93.7 Å². The molecule has 35 heteroatoms. The first-order chi connectivity index (χ1) is 47.4. The molecule has 0 bridgehead atoms. The third kappa shape index (κ3) is 20.9. The second-order valence-corrected chi connectivity index (χ2v) is 24.8. The molecule has 0 aliphatic carbocycles. The zero-order valence-electron chi connectivity index (χ0n) is 55.1. The first kappa shape index (κ1) is 79.4. The molecule has 3 saturated heterocycles. The molecule has 5 aromatic rings. The predicted octanol–water partition coefficient (Wildman–Crippen LogP) is -4.37. The van der Waals surface area contributed by atoms with Crippen molar-refractivity contribution in [3.63, 3.8) is 0 Å². The van der Waals surface area contributed by atoms with Crippen LogP contribution in [0.25, 0.3) is 34.0 Å². The minimum Gasteiger partial charge on any atom is -0.691 e. The molecule has 4 heterocycles. The molecule has 1 aromatic heterocycles. The van der Waals surface area contributed by atoms with E-state index in [1.807, 2.05) is 48.5 Å². The molecular formula is C65H81N10NaO23S. The topological polar surface area (TPSA) is 499 Å². The Hall–Kier alpha value is -7.91. The number of fused-ring (bicyclic) bond motifs is 2. The molecule has 536 valence electrons. The Morgan fingerprint density at radius 2 is 1.30 bits per heavy atom. The Morgan fingerprint density at radius 1 is 0.720 bits per heavy atom. The van der Waals surface area contributed by atoms with E-state index in [0.717, 1.165) is 85.6 Å². The fourth-order valence-corrected chi connectivity index (χ4v) is 11.9. The normalized spacial score (nSPS) is 23.8. The van der Waals surface area contributed by atoms with E-state index in [0.29, 0.717) is 22.6 Å². The summed E-state index contributed by atoms with van der Waals surface area (Å²) in [4.78, 5) is 115. The van der Waals surface area contributed by atoms with Crippen molar-refractivity contribution >= 4 is 59.6 Å². The molecule has 3 aliphatic heterocycles. The number of hydrogen-bond donors (Lipinski definition) is 14. The molecule has 33 nitrogen and oxygen atoms in total. The van der Waals surface area contributed by atoms with Gasteiger partial charge in [-0.2, -0.15) is 0 Å². The maximum Gasteiger partial charge on any atom is 1.00 e. The number of nitrogens with two attached hydrogens (primary N) is 1. The average Bonchev–Trinajstić information content (AvgIpc) is 1.58. The van der Waals surface area contributed by atoms with Gasteiger partial charge in [-0.1, -0.05) is 62.9 Å². The van der Waals surface area contributed by atoms with Crippen molar-refractivity contribution in [2.75, 3.05) is 40.0 Å². The van der Waals surface area contributed by atoms with E-state index in [9.17, 15) is 84.5 Å². The maximum absolute atomic E-state index is 14.7. The number of carbonyl (C=O) groups excluding carboxylic acids is 8. The monoisotopic (exact) mass is 1420 g/mol. The number of methoxy groups -OCH3 is 1. The number of aliphatic hydroxyl groups excluding tert-OH is 7. The second-order valence-electron chi connectivity index (χ2n) is 24.4. The van der Waals surface area contributed by atoms with Crippen LogP contribution < -0.4 is 76.1 Å². The van der Waals surface area contributed by atoms with Gasteiger partial charge in [0.1, 0.15) is 54.2 Å². The van der Waals surface area contributed by atoms with Crippen molar-refractivity contribution in [3.8, 4) is 51.3 Å². The average molecular weight is 1430 g/mol. The number of nitrogens with one attached hydrogen (secondary N) is 5. The summed E-state index contributed by atoms with van der Waals surface area (Å²) in [6, 6.07) is 11.4. The molecule has 8 amide bonds. The summed E-state index contributed by atoms with van der Waals surface area (Å²) in [5.74, 6) is -11.1. The molecule has 3 aliphatic rings. The summed E-state index contributed by atoms with van der Waals surface area (Å²) in [6.07, 6.45) is -9.70. The van der Waals surface area contributed by atoms with Crippen molar-refractivity contribution < 1.29 is 141 Å². The summed E-state index contributed by atoms with van der Waals surface area (Å²) in [5, 5.41) is 124. The molecule has 100 heavy (non-hydrogen) atoms. The fourth-order valence-electron chi connectivity index (χ4n) is 11.7. The first-order valence-corrected chi connectivity index (χ1v) is 32.6. The van der Waals surface area contributed by atoms with Gasteiger partial charge >= 0.3 is 29.6 Å². The van der Waals surface area contributed by atoms with Crippen molar-refractivity contribution in [2.24, 2.45) is 11.7 Å².